The molecule has 1 atom stereocenters. The number of amides is 1. The van der Waals surface area contributed by atoms with Crippen molar-refractivity contribution in [1.29, 1.82) is 0 Å². The highest BCUT2D eigenvalue weighted by atomic mass is 16.2. The van der Waals surface area contributed by atoms with Gasteiger partial charge in [0.1, 0.15) is 0 Å². The van der Waals surface area contributed by atoms with Crippen molar-refractivity contribution >= 4 is 11.6 Å². The zero-order chi connectivity index (χ0) is 16.0. The van der Waals surface area contributed by atoms with Crippen molar-refractivity contribution in [2.75, 3.05) is 11.4 Å². The van der Waals surface area contributed by atoms with Crippen molar-refractivity contribution in [3.63, 3.8) is 0 Å². The molecule has 3 heteroatoms. The van der Waals surface area contributed by atoms with Gasteiger partial charge in [-0.1, -0.05) is 46.8 Å². The predicted octanol–water partition coefficient (Wildman–Crippen LogP) is 3.96. The van der Waals surface area contributed by atoms with Crippen LogP contribution in [0.4, 0.5) is 5.69 Å². The summed E-state index contributed by atoms with van der Waals surface area (Å²) in [4.78, 5) is 14.6. The van der Waals surface area contributed by atoms with Crippen molar-refractivity contribution in [2.45, 2.75) is 54.0 Å². The van der Waals surface area contributed by atoms with Crippen LogP contribution in [-0.4, -0.2) is 12.5 Å². The number of nitrogens with zero attached hydrogens (tertiary/aromatic N) is 1. The quantitative estimate of drug-likeness (QED) is 0.862. The molecule has 118 valence electrons. The molecule has 0 aromatic heterocycles. The van der Waals surface area contributed by atoms with Crippen LogP contribution in [0.1, 0.15) is 53.0 Å². The van der Waals surface area contributed by atoms with Crippen LogP contribution >= 0.6 is 0 Å². The minimum Gasteiger partial charge on any atom is -0.326 e. The van der Waals surface area contributed by atoms with Crippen LogP contribution in [0, 0.1) is 11.3 Å². The minimum atomic E-state index is 0.150. The lowest BCUT2D eigenvalue weighted by Gasteiger charge is -2.30. The Balaban J connectivity index is 2.87. The summed E-state index contributed by atoms with van der Waals surface area (Å²) in [5, 5.41) is 0. The van der Waals surface area contributed by atoms with Crippen molar-refractivity contribution in [1.82, 2.24) is 0 Å². The summed E-state index contributed by atoms with van der Waals surface area (Å²) in [5.41, 5.74) is 7.84. The third kappa shape index (κ3) is 5.16. The zero-order valence-corrected chi connectivity index (χ0v) is 14.1. The third-order valence-electron chi connectivity index (χ3n) is 4.19. The smallest absolute Gasteiger partial charge is 0.227 e. The summed E-state index contributed by atoms with van der Waals surface area (Å²) < 4.78 is 0. The molecule has 0 aliphatic heterocycles. The molecule has 0 spiro atoms. The van der Waals surface area contributed by atoms with E-state index in [4.69, 9.17) is 5.73 Å². The predicted molar refractivity (Wildman–Crippen MR) is 90.2 cm³/mol. The Morgan fingerprint density at radius 3 is 2.24 bits per heavy atom. The van der Waals surface area contributed by atoms with Gasteiger partial charge in [-0.2, -0.15) is 0 Å². The molecule has 0 bridgehead atoms. The van der Waals surface area contributed by atoms with Crippen molar-refractivity contribution in [3.05, 3.63) is 29.8 Å². The average Bonchev–Trinajstić information content (AvgIpc) is 2.43. The number of rotatable bonds is 6. The fourth-order valence-electron chi connectivity index (χ4n) is 2.11. The highest BCUT2D eigenvalue weighted by molar-refractivity contribution is 5.93. The molecule has 2 N–H and O–H groups in total. The molecule has 0 aliphatic rings. The first kappa shape index (κ1) is 17.7. The number of carbonyl (C=O) groups is 1. The molecule has 1 aromatic rings. The first-order chi connectivity index (χ1) is 9.79. The molecule has 1 aromatic carbocycles. The molecule has 1 rings (SSSR count). The Morgan fingerprint density at radius 1 is 1.24 bits per heavy atom. The van der Waals surface area contributed by atoms with E-state index in [1.54, 1.807) is 0 Å². The van der Waals surface area contributed by atoms with Crippen molar-refractivity contribution < 1.29 is 4.79 Å². The Hall–Kier alpha value is -1.35. The van der Waals surface area contributed by atoms with E-state index >= 15 is 0 Å². The Bertz CT molecular complexity index is 445. The second-order valence-corrected chi connectivity index (χ2v) is 6.89. The first-order valence-electron chi connectivity index (χ1n) is 7.89. The van der Waals surface area contributed by atoms with Crippen LogP contribution in [0.25, 0.3) is 0 Å². The molecule has 0 saturated carbocycles. The van der Waals surface area contributed by atoms with Gasteiger partial charge in [0.15, 0.2) is 0 Å². The summed E-state index contributed by atoms with van der Waals surface area (Å²) >= 11 is 0. The Labute approximate surface area is 129 Å². The lowest BCUT2D eigenvalue weighted by Crippen LogP contribution is -2.34. The van der Waals surface area contributed by atoms with Gasteiger partial charge >= 0.3 is 0 Å². The lowest BCUT2D eigenvalue weighted by atomic mass is 9.80. The van der Waals surface area contributed by atoms with E-state index < -0.39 is 0 Å². The normalized spacial score (nSPS) is 13.0. The molecule has 0 aliphatic carbocycles. The van der Waals surface area contributed by atoms with Gasteiger partial charge < -0.3 is 10.6 Å². The molecule has 1 amide bonds. The lowest BCUT2D eigenvalue weighted by molar-refractivity contribution is -0.120. The van der Waals surface area contributed by atoms with E-state index in [0.29, 0.717) is 18.9 Å². The van der Waals surface area contributed by atoms with Crippen LogP contribution in [0.2, 0.25) is 0 Å². The van der Waals surface area contributed by atoms with Crippen LogP contribution < -0.4 is 10.6 Å². The molecular weight excluding hydrogens is 260 g/mol. The summed E-state index contributed by atoms with van der Waals surface area (Å²) in [6, 6.07) is 7.99. The first-order valence-corrected chi connectivity index (χ1v) is 7.89. The fraction of sp³-hybridized carbons (Fsp3) is 0.611. The number of benzene rings is 1. The number of nitrogens with two attached hydrogens (primary N) is 1. The average molecular weight is 290 g/mol. The minimum absolute atomic E-state index is 0.150. The standard InChI is InChI=1S/C18H30N2O/c1-6-11-20(16-9-7-15(13-19)8-10-16)17(21)12-14(2)18(3,4)5/h7-10,14H,6,11-13,19H2,1-5H3. The maximum atomic E-state index is 12.6. The van der Waals surface area contributed by atoms with Crippen LogP contribution in [-0.2, 0) is 11.3 Å². The van der Waals surface area contributed by atoms with Gasteiger partial charge in [-0.05, 0) is 35.4 Å². The Morgan fingerprint density at radius 2 is 1.81 bits per heavy atom. The Kier molecular flexibility index (Phi) is 6.41. The second kappa shape index (κ2) is 7.60. The third-order valence-corrected chi connectivity index (χ3v) is 4.19. The van der Waals surface area contributed by atoms with Gasteiger partial charge in [-0.15, -0.1) is 0 Å². The molecule has 1 unspecified atom stereocenters. The molecular formula is C18H30N2O. The maximum Gasteiger partial charge on any atom is 0.227 e. The van der Waals surface area contributed by atoms with Gasteiger partial charge in [-0.3, -0.25) is 4.79 Å². The summed E-state index contributed by atoms with van der Waals surface area (Å²) in [6.07, 6.45) is 1.54. The van der Waals surface area contributed by atoms with Gasteiger partial charge in [-0.25, -0.2) is 0 Å². The number of anilines is 1. The topological polar surface area (TPSA) is 46.3 Å². The van der Waals surface area contributed by atoms with E-state index in [2.05, 4.69) is 34.6 Å². The second-order valence-electron chi connectivity index (χ2n) is 6.89. The van der Waals surface area contributed by atoms with E-state index in [1.165, 1.54) is 0 Å². The SMILES string of the molecule is CCCN(C(=O)CC(C)C(C)(C)C)c1ccc(CN)cc1. The molecule has 0 radical (unpaired) electrons. The van der Waals surface area contributed by atoms with Gasteiger partial charge in [0.2, 0.25) is 5.91 Å². The van der Waals surface area contributed by atoms with E-state index in [-0.39, 0.29) is 11.3 Å². The van der Waals surface area contributed by atoms with Crippen molar-refractivity contribution in [3.8, 4) is 0 Å². The maximum absolute atomic E-state index is 12.6. The number of hydrogen-bond acceptors (Lipinski definition) is 2. The van der Waals surface area contributed by atoms with Gasteiger partial charge in [0.25, 0.3) is 0 Å². The molecule has 0 heterocycles. The largest absolute Gasteiger partial charge is 0.326 e. The molecule has 0 fully saturated rings. The number of hydrogen-bond donors (Lipinski definition) is 1. The van der Waals surface area contributed by atoms with Crippen molar-refractivity contribution in [2.24, 2.45) is 17.1 Å². The van der Waals surface area contributed by atoms with E-state index in [1.807, 2.05) is 29.2 Å². The fourth-order valence-corrected chi connectivity index (χ4v) is 2.11. The highest BCUT2D eigenvalue weighted by Gasteiger charge is 2.25. The van der Waals surface area contributed by atoms with E-state index in [9.17, 15) is 4.79 Å². The van der Waals surface area contributed by atoms with Gasteiger partial charge in [0.05, 0.1) is 0 Å². The summed E-state index contributed by atoms with van der Waals surface area (Å²) in [7, 11) is 0. The molecule has 3 nitrogen and oxygen atoms in total. The van der Waals surface area contributed by atoms with Crippen LogP contribution in [0.15, 0.2) is 24.3 Å². The number of carbonyl (C=O) groups excluding carboxylic acids is 1. The van der Waals surface area contributed by atoms with Crippen LogP contribution in [0.5, 0.6) is 0 Å². The van der Waals surface area contributed by atoms with E-state index in [0.717, 1.165) is 24.2 Å². The van der Waals surface area contributed by atoms with Gasteiger partial charge in [0, 0.05) is 25.2 Å². The molecule has 21 heavy (non-hydrogen) atoms. The summed E-state index contributed by atoms with van der Waals surface area (Å²) in [5.74, 6) is 0.562. The monoisotopic (exact) mass is 290 g/mol. The highest BCUT2D eigenvalue weighted by Crippen LogP contribution is 2.29. The summed E-state index contributed by atoms with van der Waals surface area (Å²) in [6.45, 7) is 12.1. The zero-order valence-electron chi connectivity index (χ0n) is 14.1. The van der Waals surface area contributed by atoms with Crippen LogP contribution in [0.3, 0.4) is 0 Å². The molecule has 0 saturated heterocycles.